The second-order valence-corrected chi connectivity index (χ2v) is 6.58. The normalized spacial score (nSPS) is 11.3. The molecule has 0 aliphatic carbocycles. The largest absolute Gasteiger partial charge is 0.455 e. The van der Waals surface area contributed by atoms with Crippen molar-refractivity contribution >= 4 is 21.9 Å². The predicted molar refractivity (Wildman–Crippen MR) is 107 cm³/mol. The van der Waals surface area contributed by atoms with Crippen LogP contribution in [0.3, 0.4) is 0 Å². The Morgan fingerprint density at radius 1 is 0.731 bits per heavy atom. The lowest BCUT2D eigenvalue weighted by Gasteiger charge is -2.02. The van der Waals surface area contributed by atoms with Gasteiger partial charge in [-0.2, -0.15) is 0 Å². The van der Waals surface area contributed by atoms with Crippen molar-refractivity contribution in [3.05, 3.63) is 90.6 Å². The predicted octanol–water partition coefficient (Wildman–Crippen LogP) is 6.62. The fraction of sp³-hybridized carbons (Fsp3) is 0.0417. The van der Waals surface area contributed by atoms with Gasteiger partial charge in [-0.25, -0.2) is 0 Å². The average molecular weight is 335 g/mol. The number of furan rings is 1. The van der Waals surface area contributed by atoms with Crippen LogP contribution in [0.4, 0.5) is 0 Å². The maximum absolute atomic E-state index is 6.28. The van der Waals surface area contributed by atoms with Crippen molar-refractivity contribution in [1.29, 1.82) is 0 Å². The van der Waals surface area contributed by atoms with E-state index in [9.17, 15) is 0 Å². The van der Waals surface area contributed by atoms with Crippen LogP contribution >= 0.6 is 0 Å². The minimum Gasteiger partial charge on any atom is -0.455 e. The van der Waals surface area contributed by atoms with Crippen LogP contribution in [0.2, 0.25) is 0 Å². The summed E-state index contributed by atoms with van der Waals surface area (Å²) in [6.07, 6.45) is 1.81. The van der Waals surface area contributed by atoms with E-state index in [0.29, 0.717) is 0 Å². The number of aromatic nitrogens is 1. The number of pyridine rings is 1. The van der Waals surface area contributed by atoms with E-state index < -0.39 is 0 Å². The van der Waals surface area contributed by atoms with Gasteiger partial charge >= 0.3 is 0 Å². The minimum absolute atomic E-state index is 0.891. The number of fused-ring (bicyclic) bond motifs is 3. The van der Waals surface area contributed by atoms with Gasteiger partial charge in [-0.3, -0.25) is 4.98 Å². The molecule has 2 aromatic heterocycles. The molecule has 3 aromatic carbocycles. The monoisotopic (exact) mass is 335 g/mol. The summed E-state index contributed by atoms with van der Waals surface area (Å²) in [6.45, 7) is 2.10. The quantitative estimate of drug-likeness (QED) is 0.362. The zero-order valence-electron chi connectivity index (χ0n) is 14.4. The molecule has 26 heavy (non-hydrogen) atoms. The van der Waals surface area contributed by atoms with Gasteiger partial charge in [-0.05, 0) is 48.4 Å². The van der Waals surface area contributed by atoms with Crippen molar-refractivity contribution in [2.45, 2.75) is 6.92 Å². The summed E-state index contributed by atoms with van der Waals surface area (Å²) in [5.74, 6) is 0. The second kappa shape index (κ2) is 5.85. The fourth-order valence-electron chi connectivity index (χ4n) is 3.45. The first-order chi connectivity index (χ1) is 12.8. The van der Waals surface area contributed by atoms with Crippen molar-refractivity contribution in [2.75, 3.05) is 0 Å². The SMILES string of the molecule is Cc1ccc(-c2ccc3c(c2)oc2c(-c4ccccn4)cccc23)cc1. The molecular weight excluding hydrogens is 318 g/mol. The molecule has 5 aromatic rings. The first-order valence-corrected chi connectivity index (χ1v) is 8.73. The molecule has 0 bridgehead atoms. The van der Waals surface area contributed by atoms with Crippen LogP contribution in [-0.4, -0.2) is 4.98 Å². The maximum atomic E-state index is 6.28. The Balaban J connectivity index is 1.73. The van der Waals surface area contributed by atoms with E-state index in [4.69, 9.17) is 4.42 Å². The molecule has 124 valence electrons. The molecular formula is C24H17NO. The van der Waals surface area contributed by atoms with Crippen LogP contribution in [0.1, 0.15) is 5.56 Å². The Kier molecular flexibility index (Phi) is 3.36. The van der Waals surface area contributed by atoms with Gasteiger partial charge in [0, 0.05) is 22.5 Å². The average Bonchev–Trinajstić information content (AvgIpc) is 3.07. The molecule has 0 saturated carbocycles. The van der Waals surface area contributed by atoms with Gasteiger partial charge in [0.1, 0.15) is 11.2 Å². The van der Waals surface area contributed by atoms with Gasteiger partial charge in [-0.15, -0.1) is 0 Å². The Morgan fingerprint density at radius 3 is 2.38 bits per heavy atom. The first-order valence-electron chi connectivity index (χ1n) is 8.73. The zero-order valence-corrected chi connectivity index (χ0v) is 14.4. The highest BCUT2D eigenvalue weighted by atomic mass is 16.3. The third-order valence-electron chi connectivity index (χ3n) is 4.82. The summed E-state index contributed by atoms with van der Waals surface area (Å²) in [5.41, 5.74) is 7.37. The van der Waals surface area contributed by atoms with E-state index in [0.717, 1.165) is 38.8 Å². The molecule has 0 unspecified atom stereocenters. The number of aryl methyl sites for hydroxylation is 1. The van der Waals surface area contributed by atoms with E-state index in [-0.39, 0.29) is 0 Å². The molecule has 5 rings (SSSR count). The Bertz CT molecular complexity index is 1220. The van der Waals surface area contributed by atoms with E-state index in [1.807, 2.05) is 24.4 Å². The molecule has 0 atom stereocenters. The van der Waals surface area contributed by atoms with Crippen LogP contribution in [0.5, 0.6) is 0 Å². The van der Waals surface area contributed by atoms with Gasteiger partial charge in [0.2, 0.25) is 0 Å². The highest BCUT2D eigenvalue weighted by Crippen LogP contribution is 2.36. The van der Waals surface area contributed by atoms with E-state index in [1.165, 1.54) is 11.1 Å². The molecule has 0 fully saturated rings. The maximum Gasteiger partial charge on any atom is 0.144 e. The fourth-order valence-corrected chi connectivity index (χ4v) is 3.45. The Labute approximate surface area is 151 Å². The van der Waals surface area contributed by atoms with Crippen LogP contribution < -0.4 is 0 Å². The summed E-state index contributed by atoms with van der Waals surface area (Å²) in [6, 6.07) is 27.2. The van der Waals surface area contributed by atoms with Gasteiger partial charge in [0.25, 0.3) is 0 Å². The van der Waals surface area contributed by atoms with Gasteiger partial charge < -0.3 is 4.42 Å². The van der Waals surface area contributed by atoms with Gasteiger partial charge in [-0.1, -0.05) is 54.1 Å². The number of hydrogen-bond donors (Lipinski definition) is 0. The number of para-hydroxylation sites is 1. The molecule has 0 radical (unpaired) electrons. The van der Waals surface area contributed by atoms with Crippen LogP contribution in [0.25, 0.3) is 44.3 Å². The summed E-state index contributed by atoms with van der Waals surface area (Å²) >= 11 is 0. The summed E-state index contributed by atoms with van der Waals surface area (Å²) in [7, 11) is 0. The van der Waals surface area contributed by atoms with Crippen LogP contribution in [0, 0.1) is 6.92 Å². The molecule has 2 nitrogen and oxygen atoms in total. The van der Waals surface area contributed by atoms with E-state index in [1.54, 1.807) is 0 Å². The minimum atomic E-state index is 0.891. The molecule has 0 spiro atoms. The lowest BCUT2D eigenvalue weighted by molar-refractivity contribution is 0.670. The molecule has 0 amide bonds. The molecule has 2 heteroatoms. The first kappa shape index (κ1) is 14.9. The Hall–Kier alpha value is -3.39. The van der Waals surface area contributed by atoms with Crippen LogP contribution in [-0.2, 0) is 0 Å². The highest BCUT2D eigenvalue weighted by Gasteiger charge is 2.13. The second-order valence-electron chi connectivity index (χ2n) is 6.58. The zero-order chi connectivity index (χ0) is 17.5. The number of nitrogens with zero attached hydrogens (tertiary/aromatic N) is 1. The molecule has 0 aliphatic heterocycles. The van der Waals surface area contributed by atoms with E-state index in [2.05, 4.69) is 72.6 Å². The van der Waals surface area contributed by atoms with Crippen molar-refractivity contribution in [1.82, 2.24) is 4.98 Å². The van der Waals surface area contributed by atoms with Crippen molar-refractivity contribution < 1.29 is 4.42 Å². The van der Waals surface area contributed by atoms with Crippen LogP contribution in [0.15, 0.2) is 89.5 Å². The highest BCUT2D eigenvalue weighted by molar-refractivity contribution is 6.10. The number of benzene rings is 3. The summed E-state index contributed by atoms with van der Waals surface area (Å²) in [5, 5.41) is 2.26. The molecule has 0 N–H and O–H groups in total. The standard InChI is InChI=1S/C24H17NO/c1-16-8-10-17(11-9-16)18-12-13-19-20-5-4-6-21(22-7-2-3-14-25-22)24(20)26-23(19)15-18/h2-15H,1H3. The van der Waals surface area contributed by atoms with Gasteiger partial charge in [0.05, 0.1) is 5.69 Å². The lowest BCUT2D eigenvalue weighted by Crippen LogP contribution is -1.81. The van der Waals surface area contributed by atoms with Crippen molar-refractivity contribution in [2.24, 2.45) is 0 Å². The molecule has 2 heterocycles. The van der Waals surface area contributed by atoms with Gasteiger partial charge in [0.15, 0.2) is 0 Å². The lowest BCUT2D eigenvalue weighted by atomic mass is 10.0. The third-order valence-corrected chi connectivity index (χ3v) is 4.82. The van der Waals surface area contributed by atoms with E-state index >= 15 is 0 Å². The molecule has 0 saturated heterocycles. The third kappa shape index (κ3) is 2.39. The smallest absolute Gasteiger partial charge is 0.144 e. The topological polar surface area (TPSA) is 26.0 Å². The number of rotatable bonds is 2. The summed E-state index contributed by atoms with van der Waals surface area (Å²) in [4.78, 5) is 4.48. The van der Waals surface area contributed by atoms with Crippen molar-refractivity contribution in [3.63, 3.8) is 0 Å². The number of hydrogen-bond acceptors (Lipinski definition) is 2. The molecule has 0 aliphatic rings. The summed E-state index contributed by atoms with van der Waals surface area (Å²) < 4.78 is 6.28. The van der Waals surface area contributed by atoms with Crippen molar-refractivity contribution in [3.8, 4) is 22.4 Å². The Morgan fingerprint density at radius 2 is 1.58 bits per heavy atom.